The molecular formula is C21H24N2O7. The van der Waals surface area contributed by atoms with Gasteiger partial charge in [-0.25, -0.2) is 9.59 Å². The Kier molecular flexibility index (Phi) is 5.84. The number of carbonyl (C=O) groups excluding carboxylic acids is 3. The van der Waals surface area contributed by atoms with Crippen molar-refractivity contribution in [1.82, 2.24) is 4.90 Å². The second kappa shape index (κ2) is 8.19. The van der Waals surface area contributed by atoms with Gasteiger partial charge in [-0.15, -0.1) is 0 Å². The number of allylic oxidation sites excluding steroid dienone is 1. The van der Waals surface area contributed by atoms with Crippen LogP contribution in [0.25, 0.3) is 0 Å². The molecule has 0 saturated carbocycles. The first-order valence-electron chi connectivity index (χ1n) is 9.42. The van der Waals surface area contributed by atoms with E-state index in [0.29, 0.717) is 11.3 Å². The van der Waals surface area contributed by atoms with Gasteiger partial charge in [-0.1, -0.05) is 18.2 Å². The van der Waals surface area contributed by atoms with Gasteiger partial charge in [0.05, 0.1) is 18.8 Å². The van der Waals surface area contributed by atoms with Crippen molar-refractivity contribution < 1.29 is 33.3 Å². The number of hydrogen-bond donors (Lipinski definition) is 1. The lowest BCUT2D eigenvalue weighted by Crippen LogP contribution is -2.49. The number of likely N-dealkylation sites (N-methyl/N-ethyl adjacent to an activating group) is 1. The van der Waals surface area contributed by atoms with Crippen LogP contribution in [-0.4, -0.2) is 56.7 Å². The molecule has 0 fully saturated rings. The highest BCUT2D eigenvalue weighted by Crippen LogP contribution is 2.53. The molecule has 30 heavy (non-hydrogen) atoms. The van der Waals surface area contributed by atoms with Crippen LogP contribution in [0.2, 0.25) is 0 Å². The van der Waals surface area contributed by atoms with Crippen molar-refractivity contribution >= 4 is 17.8 Å². The second-order valence-electron chi connectivity index (χ2n) is 6.76. The van der Waals surface area contributed by atoms with E-state index in [2.05, 4.69) is 0 Å². The highest BCUT2D eigenvalue weighted by Gasteiger charge is 2.63. The molecule has 9 heteroatoms. The molecule has 0 aromatic heterocycles. The normalized spacial score (nSPS) is 20.4. The van der Waals surface area contributed by atoms with Gasteiger partial charge in [0.15, 0.2) is 0 Å². The first-order chi connectivity index (χ1) is 14.3. The molecule has 0 aliphatic carbocycles. The minimum absolute atomic E-state index is 0.00661. The third kappa shape index (κ3) is 3.02. The third-order valence-electron chi connectivity index (χ3n) is 5.20. The number of rotatable bonds is 6. The third-order valence-corrected chi connectivity index (χ3v) is 5.20. The lowest BCUT2D eigenvalue weighted by molar-refractivity contribution is -0.144. The van der Waals surface area contributed by atoms with Crippen molar-refractivity contribution in [2.24, 2.45) is 5.73 Å². The number of esters is 2. The number of ether oxygens (including phenoxy) is 4. The number of nitrogens with two attached hydrogens (primary N) is 1. The quantitative estimate of drug-likeness (QED) is 0.539. The molecule has 3 rings (SSSR count). The van der Waals surface area contributed by atoms with Gasteiger partial charge in [0, 0.05) is 25.4 Å². The van der Waals surface area contributed by atoms with Crippen LogP contribution in [0.3, 0.4) is 0 Å². The summed E-state index contributed by atoms with van der Waals surface area (Å²) in [4.78, 5) is 41.1. The zero-order chi connectivity index (χ0) is 22.1. The molecule has 160 valence electrons. The van der Waals surface area contributed by atoms with E-state index in [-0.39, 0.29) is 42.6 Å². The highest BCUT2D eigenvalue weighted by molar-refractivity contribution is 6.17. The Balaban J connectivity index is 2.31. The fourth-order valence-corrected chi connectivity index (χ4v) is 3.83. The van der Waals surface area contributed by atoms with Crippen molar-refractivity contribution in [3.05, 3.63) is 52.6 Å². The summed E-state index contributed by atoms with van der Waals surface area (Å²) in [6.45, 7) is 3.44. The molecule has 1 atom stereocenters. The molecule has 2 N–H and O–H groups in total. The zero-order valence-electron chi connectivity index (χ0n) is 17.3. The van der Waals surface area contributed by atoms with Gasteiger partial charge >= 0.3 is 11.9 Å². The summed E-state index contributed by atoms with van der Waals surface area (Å²) in [6, 6.07) is 6.61. The van der Waals surface area contributed by atoms with Gasteiger partial charge in [0.2, 0.25) is 11.8 Å². The summed E-state index contributed by atoms with van der Waals surface area (Å²) in [6.07, 6.45) is 0. The summed E-state index contributed by atoms with van der Waals surface area (Å²) in [7, 11) is 3.00. The number of amides is 1. The van der Waals surface area contributed by atoms with Gasteiger partial charge in [0.1, 0.15) is 23.3 Å². The van der Waals surface area contributed by atoms with Crippen molar-refractivity contribution in [2.75, 3.05) is 34.0 Å². The van der Waals surface area contributed by atoms with Crippen LogP contribution in [0.1, 0.15) is 19.4 Å². The van der Waals surface area contributed by atoms with Crippen molar-refractivity contribution in [3.8, 4) is 5.75 Å². The first kappa shape index (κ1) is 21.4. The Labute approximate surface area is 174 Å². The van der Waals surface area contributed by atoms with E-state index in [9.17, 15) is 14.4 Å². The van der Waals surface area contributed by atoms with Gasteiger partial charge < -0.3 is 29.6 Å². The maximum absolute atomic E-state index is 13.7. The molecule has 1 amide bonds. The summed E-state index contributed by atoms with van der Waals surface area (Å²) in [5, 5.41) is 0. The summed E-state index contributed by atoms with van der Waals surface area (Å²) < 4.78 is 21.1. The monoisotopic (exact) mass is 416 g/mol. The summed E-state index contributed by atoms with van der Waals surface area (Å²) in [5.74, 6) is -2.16. The number of nitrogens with zero attached hydrogens (tertiary/aromatic N) is 1. The largest absolute Gasteiger partial charge is 0.462 e. The lowest BCUT2D eigenvalue weighted by atomic mass is 9.67. The van der Waals surface area contributed by atoms with Crippen LogP contribution >= 0.6 is 0 Å². The molecule has 1 aromatic carbocycles. The maximum atomic E-state index is 13.7. The number of benzene rings is 1. The topological polar surface area (TPSA) is 117 Å². The molecular weight excluding hydrogens is 392 g/mol. The summed E-state index contributed by atoms with van der Waals surface area (Å²) in [5.41, 5.74) is 4.68. The van der Waals surface area contributed by atoms with Crippen LogP contribution in [0.5, 0.6) is 5.75 Å². The van der Waals surface area contributed by atoms with Gasteiger partial charge in [-0.3, -0.25) is 4.79 Å². The molecule has 0 bridgehead atoms. The molecule has 2 aliphatic heterocycles. The molecule has 9 nitrogen and oxygen atoms in total. The molecule has 0 saturated heterocycles. The number of methoxy groups -OCH3 is 1. The van der Waals surface area contributed by atoms with E-state index < -0.39 is 23.3 Å². The van der Waals surface area contributed by atoms with Gasteiger partial charge in [0.25, 0.3) is 0 Å². The average Bonchev–Trinajstić information content (AvgIpc) is 2.90. The number of hydrogen-bond acceptors (Lipinski definition) is 8. The first-order valence-corrected chi connectivity index (χ1v) is 9.42. The minimum atomic E-state index is -1.84. The molecule has 0 unspecified atom stereocenters. The Bertz CT molecular complexity index is 966. The smallest absolute Gasteiger partial charge is 0.341 e. The van der Waals surface area contributed by atoms with Crippen LogP contribution in [0, 0.1) is 0 Å². The summed E-state index contributed by atoms with van der Waals surface area (Å²) >= 11 is 0. The van der Waals surface area contributed by atoms with E-state index >= 15 is 0 Å². The van der Waals surface area contributed by atoms with E-state index in [1.807, 2.05) is 0 Å². The minimum Gasteiger partial charge on any atom is -0.462 e. The highest BCUT2D eigenvalue weighted by atomic mass is 16.6. The predicted molar refractivity (Wildman–Crippen MR) is 105 cm³/mol. The molecule has 2 aliphatic rings. The Morgan fingerprint density at radius 1 is 1.13 bits per heavy atom. The Hall–Kier alpha value is -3.33. The lowest BCUT2D eigenvalue weighted by Gasteiger charge is -2.36. The van der Waals surface area contributed by atoms with Crippen LogP contribution in [0.4, 0.5) is 0 Å². The zero-order valence-corrected chi connectivity index (χ0v) is 17.3. The average molecular weight is 416 g/mol. The molecule has 1 aromatic rings. The van der Waals surface area contributed by atoms with E-state index in [1.54, 1.807) is 38.1 Å². The van der Waals surface area contributed by atoms with E-state index in [0.717, 1.165) is 0 Å². The standard InChI is InChI=1S/C21H24N2O7/c1-5-28-19(25)16-17(22)30-14-9-7-6-8-13(14)21(16)15(12(2)23(3)20(21)26)18(24)29-11-10-27-4/h6-9H,5,10-11,22H2,1-4H3/t21-/m1/s1. The number of para-hydroxylation sites is 1. The number of carbonyl (C=O) groups is 3. The predicted octanol–water partition coefficient (Wildman–Crippen LogP) is 0.986. The fourth-order valence-electron chi connectivity index (χ4n) is 3.83. The van der Waals surface area contributed by atoms with Gasteiger partial charge in [-0.05, 0) is 19.9 Å². The van der Waals surface area contributed by atoms with E-state index in [4.69, 9.17) is 24.7 Å². The molecule has 1 spiro atoms. The number of fused-ring (bicyclic) bond motifs is 2. The Morgan fingerprint density at radius 3 is 2.47 bits per heavy atom. The van der Waals surface area contributed by atoms with Crippen molar-refractivity contribution in [1.29, 1.82) is 0 Å². The maximum Gasteiger partial charge on any atom is 0.341 e. The van der Waals surface area contributed by atoms with Crippen molar-refractivity contribution in [2.45, 2.75) is 19.3 Å². The van der Waals surface area contributed by atoms with E-state index in [1.165, 1.54) is 19.1 Å². The molecule has 2 heterocycles. The Morgan fingerprint density at radius 2 is 1.80 bits per heavy atom. The molecule has 0 radical (unpaired) electrons. The van der Waals surface area contributed by atoms with Crippen LogP contribution in [0.15, 0.2) is 47.0 Å². The second-order valence-corrected chi connectivity index (χ2v) is 6.76. The fraction of sp³-hybridized carbons (Fsp3) is 0.381. The SMILES string of the molecule is CCOC(=O)C1=C(N)Oc2ccccc2[C@]12C(=O)N(C)C(C)=C2C(=O)OCCOC. The van der Waals surface area contributed by atoms with Crippen LogP contribution < -0.4 is 10.5 Å². The van der Waals surface area contributed by atoms with Gasteiger partial charge in [-0.2, -0.15) is 0 Å². The van der Waals surface area contributed by atoms with Crippen molar-refractivity contribution in [3.63, 3.8) is 0 Å². The van der Waals surface area contributed by atoms with Crippen LogP contribution in [-0.2, 0) is 34.0 Å².